The summed E-state index contributed by atoms with van der Waals surface area (Å²) >= 11 is 0. The Hall–Kier alpha value is -2.36. The maximum Gasteiger partial charge on any atom is 0.245 e. The number of carbonyl (C=O) groups excluding carboxylic acids is 1. The first-order chi connectivity index (χ1) is 8.83. The molecule has 0 fully saturated rings. The van der Waals surface area contributed by atoms with Gasteiger partial charge >= 0.3 is 0 Å². The minimum Gasteiger partial charge on any atom is -0.296 e. The summed E-state index contributed by atoms with van der Waals surface area (Å²) in [4.78, 5) is 16.0. The summed E-state index contributed by atoms with van der Waals surface area (Å²) in [5, 5.41) is 1.65. The van der Waals surface area contributed by atoms with Gasteiger partial charge in [0.05, 0.1) is 18.7 Å². The lowest BCUT2D eigenvalue weighted by atomic mass is 10.0. The number of hydrogen-bond donors (Lipinski definition) is 1. The van der Waals surface area contributed by atoms with Crippen LogP contribution in [-0.2, 0) is 17.8 Å². The van der Waals surface area contributed by atoms with Crippen molar-refractivity contribution in [2.45, 2.75) is 13.0 Å². The molecule has 0 atom stereocenters. The van der Waals surface area contributed by atoms with Gasteiger partial charge in [0.15, 0.2) is 0 Å². The zero-order chi connectivity index (χ0) is 12.4. The number of rotatable bonds is 2. The second kappa shape index (κ2) is 4.49. The minimum absolute atomic E-state index is 0.0884. The predicted octanol–water partition coefficient (Wildman–Crippen LogP) is 1.99. The van der Waals surface area contributed by atoms with Crippen LogP contribution in [0.4, 0.5) is 5.69 Å². The topological polar surface area (TPSA) is 45.2 Å². The molecule has 0 radical (unpaired) electrons. The van der Waals surface area contributed by atoms with E-state index in [0.29, 0.717) is 13.0 Å². The molecule has 4 heteroatoms. The van der Waals surface area contributed by atoms with E-state index in [2.05, 4.69) is 16.5 Å². The molecule has 18 heavy (non-hydrogen) atoms. The molecule has 4 nitrogen and oxygen atoms in total. The fraction of sp³-hybridized carbons (Fsp3) is 0.143. The largest absolute Gasteiger partial charge is 0.296 e. The van der Waals surface area contributed by atoms with Gasteiger partial charge in [-0.3, -0.25) is 20.2 Å². The minimum atomic E-state index is 0.0884. The Kier molecular flexibility index (Phi) is 2.68. The molecule has 2 heterocycles. The molecule has 3 rings (SSSR count). The summed E-state index contributed by atoms with van der Waals surface area (Å²) in [6.07, 6.45) is 3.85. The lowest BCUT2D eigenvalue weighted by Crippen LogP contribution is -2.40. The summed E-state index contributed by atoms with van der Waals surface area (Å²) < 4.78 is 0. The van der Waals surface area contributed by atoms with Gasteiger partial charge in [-0.1, -0.05) is 24.3 Å². The number of hydrogen-bond acceptors (Lipinski definition) is 3. The van der Waals surface area contributed by atoms with Crippen molar-refractivity contribution in [3.8, 4) is 0 Å². The van der Waals surface area contributed by atoms with Crippen molar-refractivity contribution in [1.29, 1.82) is 0 Å². The van der Waals surface area contributed by atoms with Gasteiger partial charge in [0.25, 0.3) is 0 Å². The Labute approximate surface area is 105 Å². The molecule has 1 aromatic heterocycles. The molecular weight excluding hydrogens is 226 g/mol. The number of nitrogens with one attached hydrogen (secondary N) is 1. The van der Waals surface area contributed by atoms with E-state index < -0.39 is 0 Å². The van der Waals surface area contributed by atoms with Crippen LogP contribution in [0.15, 0.2) is 48.8 Å². The monoisotopic (exact) mass is 239 g/mol. The lowest BCUT2D eigenvalue weighted by Gasteiger charge is -2.29. The van der Waals surface area contributed by atoms with Crippen LogP contribution in [0.5, 0.6) is 0 Å². The molecular formula is C14H13N3O. The maximum absolute atomic E-state index is 12.0. The first kappa shape index (κ1) is 10.8. The number of pyridine rings is 1. The van der Waals surface area contributed by atoms with Crippen molar-refractivity contribution in [3.05, 3.63) is 59.9 Å². The highest BCUT2D eigenvalue weighted by atomic mass is 16.2. The van der Waals surface area contributed by atoms with Gasteiger partial charge in [-0.25, -0.2) is 0 Å². The third kappa shape index (κ3) is 2.05. The lowest BCUT2D eigenvalue weighted by molar-refractivity contribution is -0.130. The highest BCUT2D eigenvalue weighted by Crippen LogP contribution is 2.20. The number of hydrazine groups is 1. The molecule has 1 N–H and O–H groups in total. The summed E-state index contributed by atoms with van der Waals surface area (Å²) in [5.41, 5.74) is 6.30. The molecule has 90 valence electrons. The third-order valence-electron chi connectivity index (χ3n) is 3.03. The summed E-state index contributed by atoms with van der Waals surface area (Å²) in [7, 11) is 0. The predicted molar refractivity (Wildman–Crippen MR) is 68.6 cm³/mol. The normalized spacial score (nSPS) is 14.2. The average Bonchev–Trinajstić information content (AvgIpc) is 2.41. The van der Waals surface area contributed by atoms with Crippen LogP contribution >= 0.6 is 0 Å². The number of nitrogens with zero attached hydrogens (tertiary/aromatic N) is 2. The van der Waals surface area contributed by atoms with E-state index in [0.717, 1.165) is 11.3 Å². The number of anilines is 1. The smallest absolute Gasteiger partial charge is 0.245 e. The zero-order valence-corrected chi connectivity index (χ0v) is 9.84. The Morgan fingerprint density at radius 1 is 1.06 bits per heavy atom. The number of aromatic nitrogens is 1. The Morgan fingerprint density at radius 2 is 1.78 bits per heavy atom. The first-order valence-electron chi connectivity index (χ1n) is 5.87. The Morgan fingerprint density at radius 3 is 2.56 bits per heavy atom. The number of amides is 1. The highest BCUT2D eigenvalue weighted by Gasteiger charge is 2.22. The van der Waals surface area contributed by atoms with E-state index >= 15 is 0 Å². The van der Waals surface area contributed by atoms with Crippen LogP contribution < -0.4 is 5.43 Å². The van der Waals surface area contributed by atoms with Gasteiger partial charge in [-0.05, 0) is 23.3 Å². The molecule has 1 aromatic carbocycles. The van der Waals surface area contributed by atoms with Gasteiger partial charge in [0.1, 0.15) is 0 Å². The van der Waals surface area contributed by atoms with Gasteiger partial charge in [-0.15, -0.1) is 0 Å². The van der Waals surface area contributed by atoms with E-state index in [1.165, 1.54) is 5.56 Å². The van der Waals surface area contributed by atoms with E-state index in [1.54, 1.807) is 17.4 Å². The molecule has 0 aliphatic carbocycles. The van der Waals surface area contributed by atoms with Gasteiger partial charge in [-0.2, -0.15) is 0 Å². The molecule has 1 aliphatic heterocycles. The average molecular weight is 239 g/mol. The number of carbonyl (C=O) groups is 1. The SMILES string of the molecule is O=C1Cc2ccccc2CN1Nc1ccncc1. The van der Waals surface area contributed by atoms with Crippen LogP contribution in [0.2, 0.25) is 0 Å². The first-order valence-corrected chi connectivity index (χ1v) is 5.87. The van der Waals surface area contributed by atoms with Gasteiger partial charge in [0, 0.05) is 12.4 Å². The third-order valence-corrected chi connectivity index (χ3v) is 3.03. The van der Waals surface area contributed by atoms with Crippen LogP contribution in [0.1, 0.15) is 11.1 Å². The molecule has 1 aliphatic rings. The summed E-state index contributed by atoms with van der Waals surface area (Å²) in [6, 6.07) is 11.7. The van der Waals surface area contributed by atoms with Crippen LogP contribution in [-0.4, -0.2) is 15.9 Å². The fourth-order valence-electron chi connectivity index (χ4n) is 2.09. The van der Waals surface area contributed by atoms with Crippen LogP contribution in [0.25, 0.3) is 0 Å². The maximum atomic E-state index is 12.0. The van der Waals surface area contributed by atoms with E-state index in [9.17, 15) is 4.79 Å². The molecule has 2 aromatic rings. The second-order valence-corrected chi connectivity index (χ2v) is 4.27. The molecule has 0 unspecified atom stereocenters. The van der Waals surface area contributed by atoms with Gasteiger partial charge in [0.2, 0.25) is 5.91 Å². The molecule has 0 bridgehead atoms. The van der Waals surface area contributed by atoms with Crippen molar-refractivity contribution in [1.82, 2.24) is 9.99 Å². The Bertz CT molecular complexity index is 568. The van der Waals surface area contributed by atoms with Crippen molar-refractivity contribution >= 4 is 11.6 Å². The summed E-state index contributed by atoms with van der Waals surface area (Å²) in [6.45, 7) is 0.595. The number of benzene rings is 1. The van der Waals surface area contributed by atoms with Crippen molar-refractivity contribution in [3.63, 3.8) is 0 Å². The number of fused-ring (bicyclic) bond motifs is 1. The van der Waals surface area contributed by atoms with E-state index in [4.69, 9.17) is 0 Å². The quantitative estimate of drug-likeness (QED) is 0.871. The van der Waals surface area contributed by atoms with Gasteiger partial charge < -0.3 is 0 Å². The van der Waals surface area contributed by atoms with Crippen molar-refractivity contribution < 1.29 is 4.79 Å². The Balaban J connectivity index is 1.81. The van der Waals surface area contributed by atoms with Crippen LogP contribution in [0, 0.1) is 0 Å². The van der Waals surface area contributed by atoms with E-state index in [1.807, 2.05) is 30.3 Å². The van der Waals surface area contributed by atoms with Crippen molar-refractivity contribution in [2.24, 2.45) is 0 Å². The van der Waals surface area contributed by atoms with E-state index in [-0.39, 0.29) is 5.91 Å². The highest BCUT2D eigenvalue weighted by molar-refractivity contribution is 5.82. The van der Waals surface area contributed by atoms with Crippen LogP contribution in [0.3, 0.4) is 0 Å². The molecule has 0 spiro atoms. The molecule has 0 saturated carbocycles. The second-order valence-electron chi connectivity index (χ2n) is 4.27. The fourth-order valence-corrected chi connectivity index (χ4v) is 2.09. The standard InChI is InChI=1S/C14H13N3O/c18-14-9-11-3-1-2-4-12(11)10-17(14)16-13-5-7-15-8-6-13/h1-8H,9-10H2,(H,15,16). The molecule has 0 saturated heterocycles. The summed E-state index contributed by atoms with van der Waals surface area (Å²) in [5.74, 6) is 0.0884. The zero-order valence-electron chi connectivity index (χ0n) is 9.84. The van der Waals surface area contributed by atoms with Crippen molar-refractivity contribution in [2.75, 3.05) is 5.43 Å². The molecule has 1 amide bonds.